The van der Waals surface area contributed by atoms with Gasteiger partial charge in [0.2, 0.25) is 5.91 Å². The van der Waals surface area contributed by atoms with Gasteiger partial charge in [-0.1, -0.05) is 35.9 Å². The molecule has 1 amide bonds. The molecule has 3 heterocycles. The minimum Gasteiger partial charge on any atom is -0.366 e. The van der Waals surface area contributed by atoms with Gasteiger partial charge in [0.15, 0.2) is 0 Å². The Labute approximate surface area is 237 Å². The number of para-hydroxylation sites is 2. The summed E-state index contributed by atoms with van der Waals surface area (Å²) in [6.45, 7) is 5.10. The fraction of sp³-hybridized carbons (Fsp3) is 0.355. The van der Waals surface area contributed by atoms with E-state index in [4.69, 9.17) is 16.6 Å². The number of piperazine rings is 1. The fourth-order valence-corrected chi connectivity index (χ4v) is 6.09. The van der Waals surface area contributed by atoms with Gasteiger partial charge in [-0.3, -0.25) is 9.69 Å². The van der Waals surface area contributed by atoms with E-state index in [-0.39, 0.29) is 11.8 Å². The minimum atomic E-state index is -0.586. The minimum absolute atomic E-state index is 0.0723. The molecule has 208 valence electrons. The van der Waals surface area contributed by atoms with Gasteiger partial charge < -0.3 is 14.4 Å². The predicted molar refractivity (Wildman–Crippen MR) is 153 cm³/mol. The van der Waals surface area contributed by atoms with Gasteiger partial charge in [-0.25, -0.2) is 13.8 Å². The van der Waals surface area contributed by atoms with Crippen LogP contribution >= 0.6 is 11.6 Å². The van der Waals surface area contributed by atoms with Gasteiger partial charge in [0, 0.05) is 50.4 Å². The number of piperidine rings is 1. The number of carbonyl (C=O) groups is 1. The number of halogens is 3. The zero-order valence-electron chi connectivity index (χ0n) is 22.3. The normalized spacial score (nSPS) is 18.4. The van der Waals surface area contributed by atoms with E-state index in [1.807, 2.05) is 52.3 Å². The Bertz CT molecular complexity index is 1500. The van der Waals surface area contributed by atoms with E-state index in [0.29, 0.717) is 56.5 Å². The summed E-state index contributed by atoms with van der Waals surface area (Å²) in [5.74, 6) is -0.0722. The highest BCUT2D eigenvalue weighted by Crippen LogP contribution is 2.26. The summed E-state index contributed by atoms with van der Waals surface area (Å²) in [6, 6.07) is 19.7. The highest BCUT2D eigenvalue weighted by molar-refractivity contribution is 6.30. The van der Waals surface area contributed by atoms with Crippen LogP contribution < -0.4 is 4.90 Å². The molecule has 1 aromatic heterocycles. The maximum Gasteiger partial charge on any atom is 0.227 e. The zero-order chi connectivity index (χ0) is 27.6. The summed E-state index contributed by atoms with van der Waals surface area (Å²) in [5.41, 5.74) is 3.60. The number of rotatable bonds is 6. The molecule has 40 heavy (non-hydrogen) atoms. The number of hydrogen-bond donors (Lipinski definition) is 0. The summed E-state index contributed by atoms with van der Waals surface area (Å²) >= 11 is 6.10. The van der Waals surface area contributed by atoms with Gasteiger partial charge in [0.05, 0.1) is 29.2 Å². The molecule has 1 atom stereocenters. The number of amides is 1. The molecular weight excluding hydrogens is 532 g/mol. The number of hydrogen-bond acceptors (Lipinski definition) is 4. The number of likely N-dealkylation sites (tertiary alicyclic amines) is 1. The van der Waals surface area contributed by atoms with Crippen molar-refractivity contribution in [1.82, 2.24) is 19.4 Å². The van der Waals surface area contributed by atoms with Crippen molar-refractivity contribution >= 4 is 34.2 Å². The molecule has 6 rings (SSSR count). The van der Waals surface area contributed by atoms with Gasteiger partial charge in [-0.05, 0) is 61.3 Å². The van der Waals surface area contributed by atoms with E-state index in [1.165, 1.54) is 12.1 Å². The Kier molecular flexibility index (Phi) is 7.71. The SMILES string of the molecule is O=C([C@H]1CCCN(Cc2nc3ccccc3n2Cc2ccc(Cl)cc2)C1)N1CCN(c2ccc(F)cc2F)CC1. The Hall–Kier alpha value is -3.49. The molecule has 0 unspecified atom stereocenters. The van der Waals surface area contributed by atoms with Crippen molar-refractivity contribution in [1.29, 1.82) is 0 Å². The van der Waals surface area contributed by atoms with Crippen LogP contribution in [0.5, 0.6) is 0 Å². The summed E-state index contributed by atoms with van der Waals surface area (Å²) in [6.07, 6.45) is 1.82. The van der Waals surface area contributed by atoms with E-state index in [9.17, 15) is 13.6 Å². The second-order valence-electron chi connectivity index (χ2n) is 10.7. The smallest absolute Gasteiger partial charge is 0.227 e. The fourth-order valence-electron chi connectivity index (χ4n) is 5.96. The molecule has 4 aromatic rings. The van der Waals surface area contributed by atoms with Crippen molar-refractivity contribution in [3.63, 3.8) is 0 Å². The number of carbonyl (C=O) groups excluding carboxylic acids is 1. The molecule has 2 fully saturated rings. The van der Waals surface area contributed by atoms with Gasteiger partial charge in [0.25, 0.3) is 0 Å². The molecule has 2 aliphatic heterocycles. The van der Waals surface area contributed by atoms with Crippen LogP contribution in [-0.2, 0) is 17.9 Å². The van der Waals surface area contributed by atoms with Crippen molar-refractivity contribution in [2.24, 2.45) is 5.92 Å². The highest BCUT2D eigenvalue weighted by Gasteiger charge is 2.32. The van der Waals surface area contributed by atoms with Crippen molar-refractivity contribution < 1.29 is 13.6 Å². The van der Waals surface area contributed by atoms with Crippen LogP contribution in [0.2, 0.25) is 5.02 Å². The first-order chi connectivity index (χ1) is 19.4. The number of fused-ring (bicyclic) bond motifs is 1. The Morgan fingerprint density at radius 1 is 0.925 bits per heavy atom. The Morgan fingerprint density at radius 3 is 2.48 bits per heavy atom. The number of aromatic nitrogens is 2. The maximum absolute atomic E-state index is 14.3. The summed E-state index contributed by atoms with van der Waals surface area (Å²) in [4.78, 5) is 24.6. The first-order valence-electron chi connectivity index (χ1n) is 13.8. The zero-order valence-corrected chi connectivity index (χ0v) is 23.0. The lowest BCUT2D eigenvalue weighted by Gasteiger charge is -2.39. The van der Waals surface area contributed by atoms with Crippen molar-refractivity contribution in [3.05, 3.63) is 94.8 Å². The lowest BCUT2D eigenvalue weighted by molar-refractivity contribution is -0.137. The van der Waals surface area contributed by atoms with Crippen molar-refractivity contribution in [3.8, 4) is 0 Å². The van der Waals surface area contributed by atoms with E-state index >= 15 is 0 Å². The van der Waals surface area contributed by atoms with Gasteiger partial charge >= 0.3 is 0 Å². The van der Waals surface area contributed by atoms with E-state index < -0.39 is 11.6 Å². The largest absolute Gasteiger partial charge is 0.366 e. The molecule has 0 bridgehead atoms. The molecule has 9 heteroatoms. The molecule has 0 radical (unpaired) electrons. The van der Waals surface area contributed by atoms with Crippen LogP contribution in [0, 0.1) is 17.6 Å². The van der Waals surface area contributed by atoms with Crippen molar-refractivity contribution in [2.45, 2.75) is 25.9 Å². The second kappa shape index (κ2) is 11.6. The monoisotopic (exact) mass is 563 g/mol. The Balaban J connectivity index is 1.12. The van der Waals surface area contributed by atoms with Gasteiger partial charge in [-0.2, -0.15) is 0 Å². The van der Waals surface area contributed by atoms with Crippen LogP contribution in [0.1, 0.15) is 24.2 Å². The third-order valence-corrected chi connectivity index (χ3v) is 8.30. The first-order valence-corrected chi connectivity index (χ1v) is 14.2. The third-order valence-electron chi connectivity index (χ3n) is 8.05. The molecule has 3 aromatic carbocycles. The number of benzene rings is 3. The Morgan fingerprint density at radius 2 is 1.70 bits per heavy atom. The lowest BCUT2D eigenvalue weighted by Crippen LogP contribution is -2.52. The molecule has 0 spiro atoms. The van der Waals surface area contributed by atoms with Crippen LogP contribution in [0.15, 0.2) is 66.7 Å². The van der Waals surface area contributed by atoms with Crippen LogP contribution in [0.25, 0.3) is 11.0 Å². The molecule has 6 nitrogen and oxygen atoms in total. The molecule has 2 aliphatic rings. The number of imidazole rings is 1. The average molecular weight is 564 g/mol. The molecule has 2 saturated heterocycles. The van der Waals surface area contributed by atoms with Crippen molar-refractivity contribution in [2.75, 3.05) is 44.2 Å². The molecule has 0 saturated carbocycles. The number of nitrogens with zero attached hydrogens (tertiary/aromatic N) is 5. The molecular formula is C31H32ClF2N5O. The second-order valence-corrected chi connectivity index (χ2v) is 11.1. The molecule has 0 N–H and O–H groups in total. The summed E-state index contributed by atoms with van der Waals surface area (Å²) in [7, 11) is 0. The standard InChI is InChI=1S/C31H32ClF2N5O/c32-24-9-7-22(8-10-24)19-39-29-6-2-1-5-27(29)35-30(39)21-36-13-3-4-23(20-36)31(40)38-16-14-37(15-17-38)28-12-11-25(33)18-26(28)34/h1-2,5-12,18,23H,3-4,13-17,19-21H2/t23-/m0/s1. The predicted octanol–water partition coefficient (Wildman–Crippen LogP) is 5.58. The first kappa shape index (κ1) is 26.7. The number of anilines is 1. The maximum atomic E-state index is 14.3. The van der Waals surface area contributed by atoms with E-state index in [2.05, 4.69) is 15.5 Å². The van der Waals surface area contributed by atoms with Crippen LogP contribution in [0.3, 0.4) is 0 Å². The highest BCUT2D eigenvalue weighted by atomic mass is 35.5. The average Bonchev–Trinajstić information content (AvgIpc) is 3.30. The molecule has 0 aliphatic carbocycles. The van der Waals surface area contributed by atoms with E-state index in [1.54, 1.807) is 0 Å². The third kappa shape index (κ3) is 5.69. The summed E-state index contributed by atoms with van der Waals surface area (Å²) < 4.78 is 29.8. The van der Waals surface area contributed by atoms with Gasteiger partial charge in [-0.15, -0.1) is 0 Å². The summed E-state index contributed by atoms with van der Waals surface area (Å²) in [5, 5.41) is 0.715. The quantitative estimate of drug-likeness (QED) is 0.307. The van der Waals surface area contributed by atoms with Gasteiger partial charge in [0.1, 0.15) is 17.5 Å². The van der Waals surface area contributed by atoms with Crippen LogP contribution in [-0.4, -0.2) is 64.5 Å². The van der Waals surface area contributed by atoms with E-state index in [0.717, 1.165) is 47.9 Å². The van der Waals surface area contributed by atoms with Crippen LogP contribution in [0.4, 0.5) is 14.5 Å². The topological polar surface area (TPSA) is 44.6 Å². The lowest BCUT2D eigenvalue weighted by atomic mass is 9.96.